The van der Waals surface area contributed by atoms with Crippen LogP contribution in [0.1, 0.15) is 5.56 Å². The van der Waals surface area contributed by atoms with Gasteiger partial charge in [0.25, 0.3) is 0 Å². The Morgan fingerprint density at radius 1 is 1.33 bits per heavy atom. The van der Waals surface area contributed by atoms with Gasteiger partial charge in [0, 0.05) is 10.0 Å². The van der Waals surface area contributed by atoms with Crippen molar-refractivity contribution in [3.63, 3.8) is 0 Å². The van der Waals surface area contributed by atoms with E-state index in [4.69, 9.17) is 4.74 Å². The van der Waals surface area contributed by atoms with E-state index >= 15 is 0 Å². The third kappa shape index (κ3) is 4.78. The average molecular weight is 336 g/mol. The van der Waals surface area contributed by atoms with Gasteiger partial charge in [0.05, 0.1) is 11.9 Å². The number of hydrogen-bond acceptors (Lipinski definition) is 1. The second kappa shape index (κ2) is 7.00. The van der Waals surface area contributed by atoms with E-state index in [1.165, 1.54) is 6.07 Å². The molecule has 1 rings (SSSR count). The van der Waals surface area contributed by atoms with Gasteiger partial charge in [-0.1, -0.05) is 43.7 Å². The SMILES string of the molecule is Fc1ccc(Br)cc1COCC#CCBr. The fourth-order valence-electron chi connectivity index (χ4n) is 0.964. The molecule has 1 aromatic carbocycles. The third-order valence-corrected chi connectivity index (χ3v) is 2.40. The molecule has 0 aliphatic carbocycles. The fourth-order valence-corrected chi connectivity index (χ4v) is 1.57. The first-order valence-corrected chi connectivity index (χ1v) is 6.19. The van der Waals surface area contributed by atoms with Gasteiger partial charge in [-0.2, -0.15) is 0 Å². The van der Waals surface area contributed by atoms with Crippen LogP contribution in [0, 0.1) is 17.7 Å². The smallest absolute Gasteiger partial charge is 0.128 e. The van der Waals surface area contributed by atoms with Crippen molar-refractivity contribution in [3.8, 4) is 11.8 Å². The van der Waals surface area contributed by atoms with Crippen LogP contribution in [0.3, 0.4) is 0 Å². The van der Waals surface area contributed by atoms with Crippen molar-refractivity contribution in [3.05, 3.63) is 34.1 Å². The minimum atomic E-state index is -0.258. The summed E-state index contributed by atoms with van der Waals surface area (Å²) in [4.78, 5) is 0. The van der Waals surface area contributed by atoms with Crippen molar-refractivity contribution in [2.75, 3.05) is 11.9 Å². The van der Waals surface area contributed by atoms with E-state index in [0.29, 0.717) is 17.5 Å². The van der Waals surface area contributed by atoms with Gasteiger partial charge in [-0.25, -0.2) is 4.39 Å². The van der Waals surface area contributed by atoms with Gasteiger partial charge in [-0.05, 0) is 18.2 Å². The summed E-state index contributed by atoms with van der Waals surface area (Å²) in [5.74, 6) is 5.33. The van der Waals surface area contributed by atoms with Crippen LogP contribution < -0.4 is 0 Å². The van der Waals surface area contributed by atoms with Gasteiger partial charge in [0.2, 0.25) is 0 Å². The molecule has 0 radical (unpaired) electrons. The predicted molar refractivity (Wildman–Crippen MR) is 65.3 cm³/mol. The number of hydrogen-bond donors (Lipinski definition) is 0. The molecule has 0 atom stereocenters. The minimum absolute atomic E-state index is 0.238. The summed E-state index contributed by atoms with van der Waals surface area (Å²) in [6, 6.07) is 4.77. The Labute approximate surface area is 105 Å². The summed E-state index contributed by atoms with van der Waals surface area (Å²) in [6.07, 6.45) is 0. The van der Waals surface area contributed by atoms with E-state index in [0.717, 1.165) is 4.47 Å². The van der Waals surface area contributed by atoms with E-state index in [9.17, 15) is 4.39 Å². The molecule has 80 valence electrons. The maximum atomic E-state index is 13.2. The zero-order chi connectivity index (χ0) is 11.1. The summed E-state index contributed by atoms with van der Waals surface area (Å²) >= 11 is 6.45. The highest BCUT2D eigenvalue weighted by molar-refractivity contribution is 9.10. The Kier molecular flexibility index (Phi) is 5.92. The zero-order valence-electron chi connectivity index (χ0n) is 7.90. The molecule has 0 aliphatic rings. The molecule has 0 aliphatic heterocycles. The van der Waals surface area contributed by atoms with Crippen molar-refractivity contribution in [1.82, 2.24) is 0 Å². The normalized spacial score (nSPS) is 9.53. The van der Waals surface area contributed by atoms with Gasteiger partial charge < -0.3 is 4.74 Å². The van der Waals surface area contributed by atoms with Crippen LogP contribution in [0.15, 0.2) is 22.7 Å². The molecule has 1 nitrogen and oxygen atoms in total. The molecular formula is C11H9Br2FO. The van der Waals surface area contributed by atoms with Crippen LogP contribution in [0.2, 0.25) is 0 Å². The van der Waals surface area contributed by atoms with Gasteiger partial charge in [-0.15, -0.1) is 0 Å². The summed E-state index contributed by atoms with van der Waals surface area (Å²) in [5.41, 5.74) is 0.532. The monoisotopic (exact) mass is 334 g/mol. The quantitative estimate of drug-likeness (QED) is 0.466. The average Bonchev–Trinajstić information content (AvgIpc) is 2.23. The van der Waals surface area contributed by atoms with Crippen molar-refractivity contribution >= 4 is 31.9 Å². The molecule has 0 heterocycles. The lowest BCUT2D eigenvalue weighted by molar-refractivity contribution is 0.150. The molecule has 0 unspecified atom stereocenters. The highest BCUT2D eigenvalue weighted by Crippen LogP contribution is 2.16. The Balaban J connectivity index is 2.46. The molecule has 0 saturated carbocycles. The Hall–Kier alpha value is -0.370. The number of benzene rings is 1. The fraction of sp³-hybridized carbons (Fsp3) is 0.273. The second-order valence-corrected chi connectivity index (χ2v) is 4.19. The van der Waals surface area contributed by atoms with Crippen LogP contribution in [0.4, 0.5) is 4.39 Å². The highest BCUT2D eigenvalue weighted by Gasteiger charge is 2.01. The molecule has 0 N–H and O–H groups in total. The molecular weight excluding hydrogens is 327 g/mol. The van der Waals surface area contributed by atoms with Gasteiger partial charge in [0.1, 0.15) is 12.4 Å². The molecule has 0 amide bonds. The first-order chi connectivity index (χ1) is 7.24. The third-order valence-electron chi connectivity index (χ3n) is 1.63. The van der Waals surface area contributed by atoms with Gasteiger partial charge in [-0.3, -0.25) is 0 Å². The van der Waals surface area contributed by atoms with Gasteiger partial charge >= 0.3 is 0 Å². The van der Waals surface area contributed by atoms with E-state index in [1.54, 1.807) is 12.1 Å². The van der Waals surface area contributed by atoms with E-state index in [2.05, 4.69) is 43.7 Å². The molecule has 1 aromatic rings. The predicted octanol–water partition coefficient (Wildman–Crippen LogP) is 3.50. The second-order valence-electron chi connectivity index (χ2n) is 2.72. The maximum absolute atomic E-state index is 13.2. The standard InChI is InChI=1S/C11H9Br2FO/c12-5-1-2-6-15-8-9-7-10(13)3-4-11(9)14/h3-4,7H,5-6,8H2. The van der Waals surface area contributed by atoms with E-state index in [1.807, 2.05) is 0 Å². The Bertz CT molecular complexity index is 382. The molecule has 0 aromatic heterocycles. The molecule has 0 fully saturated rings. The molecule has 4 heteroatoms. The number of alkyl halides is 1. The highest BCUT2D eigenvalue weighted by atomic mass is 79.9. The molecule has 0 bridgehead atoms. The van der Waals surface area contributed by atoms with Crippen molar-refractivity contribution in [2.45, 2.75) is 6.61 Å². The molecule has 0 saturated heterocycles. The number of rotatable bonds is 3. The first-order valence-electron chi connectivity index (χ1n) is 4.27. The molecule has 0 spiro atoms. The lowest BCUT2D eigenvalue weighted by atomic mass is 10.2. The van der Waals surface area contributed by atoms with Crippen LogP contribution in [-0.2, 0) is 11.3 Å². The number of ether oxygens (including phenoxy) is 1. The van der Waals surface area contributed by atoms with Crippen molar-refractivity contribution in [1.29, 1.82) is 0 Å². The minimum Gasteiger partial charge on any atom is -0.364 e. The van der Waals surface area contributed by atoms with Crippen LogP contribution in [-0.4, -0.2) is 11.9 Å². The van der Waals surface area contributed by atoms with E-state index < -0.39 is 0 Å². The summed E-state index contributed by atoms with van der Waals surface area (Å²) < 4.78 is 19.2. The van der Waals surface area contributed by atoms with Gasteiger partial charge in [0.15, 0.2) is 0 Å². The largest absolute Gasteiger partial charge is 0.364 e. The summed E-state index contributed by atoms with van der Waals surface area (Å²) in [7, 11) is 0. The lowest BCUT2D eigenvalue weighted by Crippen LogP contribution is -1.96. The molecule has 15 heavy (non-hydrogen) atoms. The summed E-state index contributed by atoms with van der Waals surface area (Å²) in [6.45, 7) is 0.555. The van der Waals surface area contributed by atoms with Crippen molar-refractivity contribution < 1.29 is 9.13 Å². The lowest BCUT2D eigenvalue weighted by Gasteiger charge is -2.03. The Morgan fingerprint density at radius 2 is 2.13 bits per heavy atom. The van der Waals surface area contributed by atoms with Crippen LogP contribution >= 0.6 is 31.9 Å². The van der Waals surface area contributed by atoms with Crippen molar-refractivity contribution in [2.24, 2.45) is 0 Å². The Morgan fingerprint density at radius 3 is 2.87 bits per heavy atom. The van der Waals surface area contributed by atoms with E-state index in [-0.39, 0.29) is 12.4 Å². The maximum Gasteiger partial charge on any atom is 0.128 e. The first kappa shape index (κ1) is 12.7. The van der Waals surface area contributed by atoms with Crippen LogP contribution in [0.5, 0.6) is 0 Å². The number of halogens is 3. The topological polar surface area (TPSA) is 9.23 Å². The summed E-state index contributed by atoms with van der Waals surface area (Å²) in [5, 5.41) is 0.627. The zero-order valence-corrected chi connectivity index (χ0v) is 11.1. The van der Waals surface area contributed by atoms with Crippen LogP contribution in [0.25, 0.3) is 0 Å².